The molecular formula is C9H14N2O2. The quantitative estimate of drug-likeness (QED) is 0.471. The number of anilines is 1. The third kappa shape index (κ3) is 1.84. The highest BCUT2D eigenvalue weighted by Gasteiger charge is 2.09. The number of nitrogens with two attached hydrogens (primary N) is 2. The summed E-state index contributed by atoms with van der Waals surface area (Å²) in [4.78, 5) is 0. The van der Waals surface area contributed by atoms with Crippen LogP contribution in [0.1, 0.15) is 18.5 Å². The van der Waals surface area contributed by atoms with Crippen molar-refractivity contribution in [2.45, 2.75) is 13.0 Å². The van der Waals surface area contributed by atoms with Gasteiger partial charge in [-0.05, 0) is 18.6 Å². The fourth-order valence-electron chi connectivity index (χ4n) is 1.16. The van der Waals surface area contributed by atoms with Gasteiger partial charge in [0.25, 0.3) is 0 Å². The minimum Gasteiger partial charge on any atom is -0.504 e. The molecule has 1 aromatic carbocycles. The van der Waals surface area contributed by atoms with Crippen molar-refractivity contribution in [1.29, 1.82) is 0 Å². The normalized spacial score (nSPS) is 12.5. The van der Waals surface area contributed by atoms with Gasteiger partial charge in [-0.3, -0.25) is 0 Å². The Kier molecular flexibility index (Phi) is 2.63. The van der Waals surface area contributed by atoms with Gasteiger partial charge in [0.2, 0.25) is 0 Å². The Hall–Kier alpha value is -1.42. The molecule has 4 heteroatoms. The average Bonchev–Trinajstić information content (AvgIpc) is 2.07. The monoisotopic (exact) mass is 182 g/mol. The van der Waals surface area contributed by atoms with Gasteiger partial charge < -0.3 is 21.3 Å². The third-order valence-electron chi connectivity index (χ3n) is 1.88. The lowest BCUT2D eigenvalue weighted by molar-refractivity contribution is 0.373. The summed E-state index contributed by atoms with van der Waals surface area (Å²) in [5.41, 5.74) is 12.6. The van der Waals surface area contributed by atoms with E-state index in [9.17, 15) is 5.11 Å². The van der Waals surface area contributed by atoms with E-state index < -0.39 is 0 Å². The van der Waals surface area contributed by atoms with Gasteiger partial charge in [0.15, 0.2) is 11.5 Å². The minimum absolute atomic E-state index is 0.0593. The first-order valence-corrected chi connectivity index (χ1v) is 3.98. The average molecular weight is 182 g/mol. The molecule has 0 spiro atoms. The van der Waals surface area contributed by atoms with Crippen molar-refractivity contribution in [2.24, 2.45) is 5.73 Å². The van der Waals surface area contributed by atoms with E-state index in [1.807, 2.05) is 0 Å². The van der Waals surface area contributed by atoms with Crippen LogP contribution in [0.2, 0.25) is 0 Å². The van der Waals surface area contributed by atoms with Crippen LogP contribution in [0.15, 0.2) is 12.1 Å². The maximum Gasteiger partial charge on any atom is 0.162 e. The minimum atomic E-state index is -0.197. The molecule has 0 aliphatic carbocycles. The number of phenols is 1. The fraction of sp³-hybridized carbons (Fsp3) is 0.333. The van der Waals surface area contributed by atoms with E-state index in [0.717, 1.165) is 5.56 Å². The Labute approximate surface area is 77.1 Å². The van der Waals surface area contributed by atoms with Gasteiger partial charge in [0.1, 0.15) is 0 Å². The Morgan fingerprint density at radius 1 is 1.46 bits per heavy atom. The molecule has 13 heavy (non-hydrogen) atoms. The number of benzene rings is 1. The van der Waals surface area contributed by atoms with Crippen LogP contribution in [-0.4, -0.2) is 12.2 Å². The smallest absolute Gasteiger partial charge is 0.162 e. The van der Waals surface area contributed by atoms with Crippen molar-refractivity contribution in [3.8, 4) is 11.5 Å². The summed E-state index contributed by atoms with van der Waals surface area (Å²) in [6.07, 6.45) is 0. The summed E-state index contributed by atoms with van der Waals surface area (Å²) in [6.45, 7) is 1.80. The number of nitrogen functional groups attached to an aromatic ring is 1. The first kappa shape index (κ1) is 9.67. The Morgan fingerprint density at radius 3 is 2.54 bits per heavy atom. The molecule has 0 aromatic heterocycles. The second kappa shape index (κ2) is 3.53. The molecule has 0 aliphatic heterocycles. The summed E-state index contributed by atoms with van der Waals surface area (Å²) < 4.78 is 4.89. The summed E-state index contributed by atoms with van der Waals surface area (Å²) in [7, 11) is 1.47. The van der Waals surface area contributed by atoms with Crippen LogP contribution in [0.3, 0.4) is 0 Å². The first-order chi connectivity index (χ1) is 6.06. The number of hydrogen-bond acceptors (Lipinski definition) is 4. The molecule has 4 nitrogen and oxygen atoms in total. The van der Waals surface area contributed by atoms with Crippen LogP contribution in [0.5, 0.6) is 11.5 Å². The second-order valence-electron chi connectivity index (χ2n) is 2.94. The van der Waals surface area contributed by atoms with Gasteiger partial charge in [-0.1, -0.05) is 0 Å². The van der Waals surface area contributed by atoms with Crippen LogP contribution in [0.25, 0.3) is 0 Å². The first-order valence-electron chi connectivity index (χ1n) is 3.98. The molecule has 0 aliphatic rings. The summed E-state index contributed by atoms with van der Waals surface area (Å²) in [6, 6.07) is 2.89. The highest BCUT2D eigenvalue weighted by atomic mass is 16.5. The fourth-order valence-corrected chi connectivity index (χ4v) is 1.16. The van der Waals surface area contributed by atoms with E-state index in [1.165, 1.54) is 13.2 Å². The summed E-state index contributed by atoms with van der Waals surface area (Å²) >= 11 is 0. The van der Waals surface area contributed by atoms with Crippen LogP contribution in [-0.2, 0) is 0 Å². The van der Waals surface area contributed by atoms with Gasteiger partial charge >= 0.3 is 0 Å². The maximum atomic E-state index is 9.43. The number of ether oxygens (including phenoxy) is 1. The molecule has 0 saturated carbocycles. The number of aromatic hydroxyl groups is 1. The number of hydrogen-bond donors (Lipinski definition) is 3. The van der Waals surface area contributed by atoms with E-state index in [4.69, 9.17) is 16.2 Å². The molecule has 1 rings (SSSR count). The van der Waals surface area contributed by atoms with Crippen LogP contribution >= 0.6 is 0 Å². The number of phenolic OH excluding ortho intramolecular Hbond substituents is 1. The highest BCUT2D eigenvalue weighted by Crippen LogP contribution is 2.32. The van der Waals surface area contributed by atoms with Crippen molar-refractivity contribution in [3.63, 3.8) is 0 Å². The van der Waals surface area contributed by atoms with Crippen LogP contribution < -0.4 is 16.2 Å². The van der Waals surface area contributed by atoms with Crippen molar-refractivity contribution in [1.82, 2.24) is 0 Å². The Balaban J connectivity index is 3.20. The van der Waals surface area contributed by atoms with Gasteiger partial charge in [-0.25, -0.2) is 0 Å². The third-order valence-corrected chi connectivity index (χ3v) is 1.88. The molecule has 0 fully saturated rings. The molecular weight excluding hydrogens is 168 g/mol. The molecule has 5 N–H and O–H groups in total. The molecule has 0 heterocycles. The van der Waals surface area contributed by atoms with Gasteiger partial charge in [-0.15, -0.1) is 0 Å². The van der Waals surface area contributed by atoms with E-state index >= 15 is 0 Å². The maximum absolute atomic E-state index is 9.43. The highest BCUT2D eigenvalue weighted by molar-refractivity contribution is 5.58. The molecule has 1 atom stereocenters. The lowest BCUT2D eigenvalue weighted by Gasteiger charge is -2.12. The molecule has 0 saturated heterocycles. The van der Waals surface area contributed by atoms with Gasteiger partial charge in [-0.2, -0.15) is 0 Å². The van der Waals surface area contributed by atoms with Crippen LogP contribution in [0, 0.1) is 0 Å². The number of methoxy groups -OCH3 is 1. The van der Waals surface area contributed by atoms with Gasteiger partial charge in [0, 0.05) is 17.8 Å². The molecule has 0 amide bonds. The second-order valence-corrected chi connectivity index (χ2v) is 2.94. The largest absolute Gasteiger partial charge is 0.504 e. The van der Waals surface area contributed by atoms with Crippen LogP contribution in [0.4, 0.5) is 5.69 Å². The van der Waals surface area contributed by atoms with Crippen molar-refractivity contribution in [2.75, 3.05) is 12.8 Å². The zero-order valence-electron chi connectivity index (χ0n) is 7.74. The Bertz CT molecular complexity index is 311. The van der Waals surface area contributed by atoms with Crippen molar-refractivity contribution >= 4 is 5.69 Å². The SMILES string of the molecule is COc1cc(N)c([C@@H](C)N)cc1O. The number of rotatable bonds is 2. The Morgan fingerprint density at radius 2 is 2.08 bits per heavy atom. The lowest BCUT2D eigenvalue weighted by Crippen LogP contribution is -2.08. The van der Waals surface area contributed by atoms with E-state index in [0.29, 0.717) is 11.4 Å². The van der Waals surface area contributed by atoms with Gasteiger partial charge in [0.05, 0.1) is 7.11 Å². The van der Waals surface area contributed by atoms with E-state index in [-0.39, 0.29) is 11.8 Å². The van der Waals surface area contributed by atoms with E-state index in [1.54, 1.807) is 13.0 Å². The summed E-state index contributed by atoms with van der Waals surface area (Å²) in [5, 5.41) is 9.43. The zero-order valence-corrected chi connectivity index (χ0v) is 7.74. The van der Waals surface area contributed by atoms with Crippen molar-refractivity contribution in [3.05, 3.63) is 17.7 Å². The molecule has 0 radical (unpaired) electrons. The lowest BCUT2D eigenvalue weighted by atomic mass is 10.1. The predicted octanol–water partition coefficient (Wildman–Crippen LogP) is 1.00. The predicted molar refractivity (Wildman–Crippen MR) is 51.7 cm³/mol. The van der Waals surface area contributed by atoms with Crippen molar-refractivity contribution < 1.29 is 9.84 Å². The summed E-state index contributed by atoms with van der Waals surface area (Å²) in [5.74, 6) is 0.422. The standard InChI is InChI=1S/C9H14N2O2/c1-5(10)6-3-8(12)9(13-2)4-7(6)11/h3-5,12H,10-11H2,1-2H3/t5-/m1/s1. The molecule has 0 unspecified atom stereocenters. The molecule has 1 aromatic rings. The molecule has 72 valence electrons. The zero-order chi connectivity index (χ0) is 10.0. The van der Waals surface area contributed by atoms with E-state index in [2.05, 4.69) is 0 Å². The topological polar surface area (TPSA) is 81.5 Å². The molecule has 0 bridgehead atoms.